The Hall–Kier alpha value is -1.96. The predicted molar refractivity (Wildman–Crippen MR) is 94.0 cm³/mol. The molecule has 1 aliphatic carbocycles. The molecule has 0 saturated heterocycles. The molecule has 5 nitrogen and oxygen atoms in total. The van der Waals surface area contributed by atoms with E-state index >= 15 is 0 Å². The molecule has 0 spiro atoms. The summed E-state index contributed by atoms with van der Waals surface area (Å²) >= 11 is 0. The summed E-state index contributed by atoms with van der Waals surface area (Å²) in [6, 6.07) is 3.84. The molecule has 0 unspecified atom stereocenters. The fourth-order valence-electron chi connectivity index (χ4n) is 2.36. The number of guanidine groups is 1. The monoisotopic (exact) mass is 373 g/mol. The van der Waals surface area contributed by atoms with Crippen molar-refractivity contribution in [2.75, 3.05) is 33.4 Å². The Kier molecular flexibility index (Phi) is 8.03. The first-order valence-electron chi connectivity index (χ1n) is 8.80. The number of alkyl halides is 2. The second-order valence-corrected chi connectivity index (χ2v) is 6.21. The van der Waals surface area contributed by atoms with Crippen LogP contribution in [0.4, 0.5) is 13.2 Å². The normalized spacial score (nSPS) is 14.6. The first kappa shape index (κ1) is 20.4. The van der Waals surface area contributed by atoms with Crippen LogP contribution in [0.15, 0.2) is 23.2 Å². The van der Waals surface area contributed by atoms with Crippen molar-refractivity contribution in [1.29, 1.82) is 0 Å². The number of hydrogen-bond donors (Lipinski definition) is 1. The summed E-state index contributed by atoms with van der Waals surface area (Å²) in [4.78, 5) is 6.22. The quantitative estimate of drug-likeness (QED) is 0.389. The Bertz CT molecular complexity index is 595. The Morgan fingerprint density at radius 1 is 1.38 bits per heavy atom. The fourth-order valence-corrected chi connectivity index (χ4v) is 2.36. The molecule has 0 aromatic heterocycles. The van der Waals surface area contributed by atoms with Crippen LogP contribution >= 0.6 is 0 Å². The highest BCUT2D eigenvalue weighted by Gasteiger charge is 2.21. The van der Waals surface area contributed by atoms with E-state index in [9.17, 15) is 13.2 Å². The third-order valence-corrected chi connectivity index (χ3v) is 4.00. The van der Waals surface area contributed by atoms with Gasteiger partial charge < -0.3 is 19.7 Å². The average Bonchev–Trinajstić information content (AvgIpc) is 3.41. The van der Waals surface area contributed by atoms with Crippen molar-refractivity contribution in [3.63, 3.8) is 0 Å². The fraction of sp³-hybridized carbons (Fsp3) is 0.611. The van der Waals surface area contributed by atoms with Crippen molar-refractivity contribution in [3.8, 4) is 5.75 Å². The summed E-state index contributed by atoms with van der Waals surface area (Å²) in [5, 5.41) is 3.10. The second kappa shape index (κ2) is 10.3. The van der Waals surface area contributed by atoms with Crippen LogP contribution in [0.25, 0.3) is 0 Å². The van der Waals surface area contributed by atoms with Gasteiger partial charge in [-0.05, 0) is 37.8 Å². The number of rotatable bonds is 10. The van der Waals surface area contributed by atoms with E-state index < -0.39 is 12.4 Å². The first-order chi connectivity index (χ1) is 12.5. The van der Waals surface area contributed by atoms with Gasteiger partial charge in [0.1, 0.15) is 11.6 Å². The number of hydrogen-bond acceptors (Lipinski definition) is 3. The summed E-state index contributed by atoms with van der Waals surface area (Å²) in [5.74, 6) is 0.429. The maximum Gasteiger partial charge on any atom is 0.387 e. The van der Waals surface area contributed by atoms with Gasteiger partial charge in [0.15, 0.2) is 5.96 Å². The first-order valence-corrected chi connectivity index (χ1v) is 8.80. The van der Waals surface area contributed by atoms with Gasteiger partial charge in [0.05, 0.1) is 18.7 Å². The van der Waals surface area contributed by atoms with Crippen LogP contribution in [-0.4, -0.2) is 50.8 Å². The van der Waals surface area contributed by atoms with Crippen molar-refractivity contribution in [3.05, 3.63) is 29.6 Å². The van der Waals surface area contributed by atoms with Crippen LogP contribution in [0.1, 0.15) is 25.3 Å². The molecule has 0 amide bonds. The predicted octanol–water partition coefficient (Wildman–Crippen LogP) is 3.25. The lowest BCUT2D eigenvalue weighted by atomic mass is 10.2. The molecule has 26 heavy (non-hydrogen) atoms. The van der Waals surface area contributed by atoms with Crippen molar-refractivity contribution >= 4 is 5.96 Å². The summed E-state index contributed by atoms with van der Waals surface area (Å²) in [6.45, 7) is 1.40. The zero-order valence-electron chi connectivity index (χ0n) is 15.2. The van der Waals surface area contributed by atoms with Gasteiger partial charge in [0.25, 0.3) is 0 Å². The summed E-state index contributed by atoms with van der Waals surface area (Å²) in [6.07, 6.45) is 2.48. The summed E-state index contributed by atoms with van der Waals surface area (Å²) in [5.41, 5.74) is 0.00147. The van der Waals surface area contributed by atoms with E-state index in [-0.39, 0.29) is 17.9 Å². The molecule has 0 heterocycles. The number of likely N-dealkylation sites (N-methyl/N-ethyl adjacent to an activating group) is 1. The Labute approximate surface area is 152 Å². The highest BCUT2D eigenvalue weighted by Crippen LogP contribution is 2.28. The van der Waals surface area contributed by atoms with Crippen molar-refractivity contribution < 1.29 is 22.6 Å². The minimum absolute atomic E-state index is 0.00147. The van der Waals surface area contributed by atoms with E-state index in [1.165, 1.54) is 31.0 Å². The number of ether oxygens (including phenoxy) is 2. The molecule has 1 aliphatic rings. The molecular formula is C18H26F3N3O2. The van der Waals surface area contributed by atoms with E-state index in [1.54, 1.807) is 0 Å². The van der Waals surface area contributed by atoms with Crippen LogP contribution in [0.5, 0.6) is 5.75 Å². The maximum absolute atomic E-state index is 14.0. The molecule has 1 aromatic carbocycles. The lowest BCUT2D eigenvalue weighted by molar-refractivity contribution is -0.0506. The second-order valence-electron chi connectivity index (χ2n) is 6.21. The average molecular weight is 373 g/mol. The highest BCUT2D eigenvalue weighted by atomic mass is 19.3. The van der Waals surface area contributed by atoms with Crippen molar-refractivity contribution in [1.82, 2.24) is 10.2 Å². The van der Waals surface area contributed by atoms with E-state index in [0.717, 1.165) is 6.61 Å². The Morgan fingerprint density at radius 3 is 2.81 bits per heavy atom. The van der Waals surface area contributed by atoms with Crippen molar-refractivity contribution in [2.24, 2.45) is 10.9 Å². The van der Waals surface area contributed by atoms with Gasteiger partial charge in [-0.25, -0.2) is 9.38 Å². The number of benzene rings is 1. The molecular weight excluding hydrogens is 347 g/mol. The minimum atomic E-state index is -3.01. The standard InChI is InChI=1S/C18H26F3N3O2/c1-3-22-18(24(2)9-10-25-12-13-7-8-13)23-11-14-15(19)5-4-6-16(14)26-17(20)21/h4-6,13,17H,3,7-12H2,1-2H3,(H,22,23). The van der Waals surface area contributed by atoms with E-state index in [0.29, 0.717) is 31.6 Å². The molecule has 0 aliphatic heterocycles. The Balaban J connectivity index is 1.98. The molecule has 1 N–H and O–H groups in total. The van der Waals surface area contributed by atoms with Gasteiger partial charge in [-0.2, -0.15) is 8.78 Å². The third kappa shape index (κ3) is 6.74. The molecule has 0 radical (unpaired) electrons. The molecule has 1 fully saturated rings. The molecule has 2 rings (SSSR count). The highest BCUT2D eigenvalue weighted by molar-refractivity contribution is 5.79. The number of halogens is 3. The number of nitrogens with one attached hydrogen (secondary N) is 1. The lowest BCUT2D eigenvalue weighted by Gasteiger charge is -2.22. The molecule has 0 atom stereocenters. The zero-order valence-corrected chi connectivity index (χ0v) is 15.2. The van der Waals surface area contributed by atoms with Gasteiger partial charge in [-0.15, -0.1) is 0 Å². The van der Waals surface area contributed by atoms with E-state index in [2.05, 4.69) is 15.0 Å². The zero-order chi connectivity index (χ0) is 18.9. The van der Waals surface area contributed by atoms with Crippen molar-refractivity contribution in [2.45, 2.75) is 32.9 Å². The third-order valence-electron chi connectivity index (χ3n) is 4.00. The summed E-state index contributed by atoms with van der Waals surface area (Å²) in [7, 11) is 1.85. The largest absolute Gasteiger partial charge is 0.434 e. The molecule has 146 valence electrons. The lowest BCUT2D eigenvalue weighted by Crippen LogP contribution is -2.40. The Morgan fingerprint density at radius 2 is 2.15 bits per heavy atom. The van der Waals surface area contributed by atoms with Crippen LogP contribution < -0.4 is 10.1 Å². The van der Waals surface area contributed by atoms with Crippen LogP contribution in [0, 0.1) is 11.7 Å². The van der Waals surface area contributed by atoms with Gasteiger partial charge in [-0.3, -0.25) is 0 Å². The van der Waals surface area contributed by atoms with E-state index in [4.69, 9.17) is 4.74 Å². The SMILES string of the molecule is CCNC(=NCc1c(F)cccc1OC(F)F)N(C)CCOCC1CC1. The van der Waals surface area contributed by atoms with Gasteiger partial charge >= 0.3 is 6.61 Å². The van der Waals surface area contributed by atoms with Gasteiger partial charge in [0.2, 0.25) is 0 Å². The van der Waals surface area contributed by atoms with Crippen LogP contribution in [0.2, 0.25) is 0 Å². The molecule has 1 saturated carbocycles. The topological polar surface area (TPSA) is 46.1 Å². The van der Waals surface area contributed by atoms with Crippen LogP contribution in [-0.2, 0) is 11.3 Å². The van der Waals surface area contributed by atoms with Gasteiger partial charge in [-0.1, -0.05) is 6.07 Å². The maximum atomic E-state index is 14.0. The van der Waals surface area contributed by atoms with E-state index in [1.807, 2.05) is 18.9 Å². The molecule has 0 bridgehead atoms. The molecule has 1 aromatic rings. The smallest absolute Gasteiger partial charge is 0.387 e. The number of nitrogens with zero attached hydrogens (tertiary/aromatic N) is 2. The minimum Gasteiger partial charge on any atom is -0.434 e. The molecule has 8 heteroatoms. The summed E-state index contributed by atoms with van der Waals surface area (Å²) < 4.78 is 49.0. The number of aliphatic imine (C=N–C) groups is 1. The van der Waals surface area contributed by atoms with Gasteiger partial charge in [0, 0.05) is 26.7 Å². The van der Waals surface area contributed by atoms with Crippen LogP contribution in [0.3, 0.4) is 0 Å².